The van der Waals surface area contributed by atoms with Crippen molar-refractivity contribution in [3.8, 4) is 5.13 Å². The zero-order chi connectivity index (χ0) is 13.9. The zero-order valence-corrected chi connectivity index (χ0v) is 12.4. The predicted molar refractivity (Wildman–Crippen MR) is 80.6 cm³/mol. The first-order chi connectivity index (χ1) is 9.70. The number of anilines is 1. The molecule has 5 nitrogen and oxygen atoms in total. The third-order valence-corrected chi connectivity index (χ3v) is 4.41. The molecule has 20 heavy (non-hydrogen) atoms. The molecule has 0 aliphatic heterocycles. The van der Waals surface area contributed by atoms with Gasteiger partial charge in [-0.3, -0.25) is 4.79 Å². The van der Waals surface area contributed by atoms with Gasteiger partial charge in [-0.05, 0) is 19.1 Å². The van der Waals surface area contributed by atoms with E-state index in [1.54, 1.807) is 12.4 Å². The highest BCUT2D eigenvalue weighted by molar-refractivity contribution is 7.15. The van der Waals surface area contributed by atoms with E-state index in [-0.39, 0.29) is 5.91 Å². The fourth-order valence-corrected chi connectivity index (χ4v) is 3.25. The maximum Gasteiger partial charge on any atom is 0.231 e. The van der Waals surface area contributed by atoms with Crippen LogP contribution < -0.4 is 5.32 Å². The van der Waals surface area contributed by atoms with Gasteiger partial charge in [-0.25, -0.2) is 9.97 Å². The van der Waals surface area contributed by atoms with Gasteiger partial charge in [-0.2, -0.15) is 0 Å². The average molecular weight is 304 g/mol. The van der Waals surface area contributed by atoms with Crippen molar-refractivity contribution in [2.45, 2.75) is 13.3 Å². The largest absolute Gasteiger partial charge is 0.302 e. The number of carbonyl (C=O) groups is 1. The van der Waals surface area contributed by atoms with Crippen molar-refractivity contribution < 1.29 is 4.79 Å². The van der Waals surface area contributed by atoms with Crippen molar-refractivity contribution in [1.82, 2.24) is 14.5 Å². The minimum absolute atomic E-state index is 0.0675. The smallest absolute Gasteiger partial charge is 0.231 e. The molecule has 3 heterocycles. The lowest BCUT2D eigenvalue weighted by molar-refractivity contribution is -0.115. The van der Waals surface area contributed by atoms with Crippen LogP contribution in [0.25, 0.3) is 5.13 Å². The number of rotatable bonds is 4. The van der Waals surface area contributed by atoms with Crippen LogP contribution in [0.3, 0.4) is 0 Å². The second-order valence-corrected chi connectivity index (χ2v) is 6.53. The Hall–Kier alpha value is -1.99. The monoisotopic (exact) mass is 304 g/mol. The molecule has 102 valence electrons. The molecule has 0 aromatic carbocycles. The lowest BCUT2D eigenvalue weighted by atomic mass is 10.4. The van der Waals surface area contributed by atoms with Crippen LogP contribution in [0.2, 0.25) is 0 Å². The van der Waals surface area contributed by atoms with Gasteiger partial charge >= 0.3 is 0 Å². The molecule has 7 heteroatoms. The average Bonchev–Trinajstić information content (AvgIpc) is 3.10. The number of nitrogens with one attached hydrogen (secondary N) is 1. The van der Waals surface area contributed by atoms with Gasteiger partial charge in [-0.1, -0.05) is 0 Å². The van der Waals surface area contributed by atoms with Crippen molar-refractivity contribution in [1.29, 1.82) is 0 Å². The quantitative estimate of drug-likeness (QED) is 0.806. The van der Waals surface area contributed by atoms with Crippen LogP contribution in [0.1, 0.15) is 9.75 Å². The minimum atomic E-state index is -0.0675. The highest BCUT2D eigenvalue weighted by Crippen LogP contribution is 2.20. The molecule has 0 aliphatic carbocycles. The third-order valence-electron chi connectivity index (χ3n) is 2.57. The van der Waals surface area contributed by atoms with Crippen LogP contribution in [0.15, 0.2) is 36.9 Å². The summed E-state index contributed by atoms with van der Waals surface area (Å²) in [5.74, 6) is -0.0675. The molecule has 1 amide bonds. The summed E-state index contributed by atoms with van der Waals surface area (Å²) in [6, 6.07) is 3.89. The Balaban J connectivity index is 1.64. The molecule has 0 saturated heterocycles. The van der Waals surface area contributed by atoms with Crippen molar-refractivity contribution in [2.24, 2.45) is 0 Å². The van der Waals surface area contributed by atoms with E-state index in [0.29, 0.717) is 11.6 Å². The molecule has 0 saturated carbocycles. The van der Waals surface area contributed by atoms with Crippen molar-refractivity contribution in [3.05, 3.63) is 46.7 Å². The maximum atomic E-state index is 11.9. The van der Waals surface area contributed by atoms with Crippen LogP contribution in [0.5, 0.6) is 0 Å². The van der Waals surface area contributed by atoms with Gasteiger partial charge in [0.1, 0.15) is 0 Å². The van der Waals surface area contributed by atoms with Crippen molar-refractivity contribution >= 4 is 33.7 Å². The van der Waals surface area contributed by atoms with Crippen LogP contribution in [-0.2, 0) is 11.2 Å². The lowest BCUT2D eigenvalue weighted by Gasteiger charge is -1.98. The molecule has 3 aromatic rings. The summed E-state index contributed by atoms with van der Waals surface area (Å²) in [5, 5.41) is 4.30. The van der Waals surface area contributed by atoms with Crippen LogP contribution >= 0.6 is 22.7 Å². The second kappa shape index (κ2) is 5.56. The lowest BCUT2D eigenvalue weighted by Crippen LogP contribution is -2.13. The highest BCUT2D eigenvalue weighted by atomic mass is 32.1. The summed E-state index contributed by atoms with van der Waals surface area (Å²) in [7, 11) is 0. The molecule has 0 fully saturated rings. The van der Waals surface area contributed by atoms with Crippen LogP contribution in [0.4, 0.5) is 5.13 Å². The Morgan fingerprint density at radius 1 is 1.25 bits per heavy atom. The molecule has 0 radical (unpaired) electrons. The first-order valence-electron chi connectivity index (χ1n) is 6.01. The third kappa shape index (κ3) is 2.94. The van der Waals surface area contributed by atoms with Crippen molar-refractivity contribution in [2.75, 3.05) is 5.32 Å². The first kappa shape index (κ1) is 13.0. The normalized spacial score (nSPS) is 10.7. The molecule has 0 unspecified atom stereocenters. The summed E-state index contributed by atoms with van der Waals surface area (Å²) < 4.78 is 1.93. The first-order valence-corrected chi connectivity index (χ1v) is 7.64. The Bertz CT molecular complexity index is 714. The number of nitrogens with zero attached hydrogens (tertiary/aromatic N) is 3. The Kier molecular flexibility index (Phi) is 3.62. The molecule has 3 aromatic heterocycles. The van der Waals surface area contributed by atoms with Gasteiger partial charge in [0.15, 0.2) is 10.3 Å². The van der Waals surface area contributed by atoms with E-state index in [1.807, 2.05) is 36.0 Å². The number of aryl methyl sites for hydroxylation is 1. The fraction of sp³-hybridized carbons (Fsp3) is 0.154. The number of amides is 1. The minimum Gasteiger partial charge on any atom is -0.302 e. The van der Waals surface area contributed by atoms with Crippen LogP contribution in [-0.4, -0.2) is 20.4 Å². The van der Waals surface area contributed by atoms with Gasteiger partial charge in [0.05, 0.1) is 6.42 Å². The summed E-state index contributed by atoms with van der Waals surface area (Å²) in [6.45, 7) is 1.96. The van der Waals surface area contributed by atoms with E-state index in [9.17, 15) is 4.79 Å². The summed E-state index contributed by atoms with van der Waals surface area (Å²) in [6.07, 6.45) is 7.67. The summed E-state index contributed by atoms with van der Waals surface area (Å²) in [5.41, 5.74) is 0. The second-order valence-electron chi connectivity index (χ2n) is 4.20. The molecule has 0 aliphatic rings. The molecule has 1 N–H and O–H groups in total. The number of carbonyl (C=O) groups excluding carboxylic acids is 1. The molecule has 0 bridgehead atoms. The van der Waals surface area contributed by atoms with E-state index in [0.717, 1.165) is 14.9 Å². The number of aromatic nitrogens is 3. The zero-order valence-electron chi connectivity index (χ0n) is 10.7. The summed E-state index contributed by atoms with van der Waals surface area (Å²) in [4.78, 5) is 22.3. The highest BCUT2D eigenvalue weighted by Gasteiger charge is 2.10. The molecular formula is C13H12N4OS2. The topological polar surface area (TPSA) is 59.8 Å². The van der Waals surface area contributed by atoms with E-state index >= 15 is 0 Å². The van der Waals surface area contributed by atoms with Crippen molar-refractivity contribution in [3.63, 3.8) is 0 Å². The van der Waals surface area contributed by atoms with Gasteiger partial charge in [0.2, 0.25) is 5.91 Å². The SMILES string of the molecule is Cc1cnc(NC(=O)Cc2cnc(-n3cccc3)s2)s1. The van der Waals surface area contributed by atoms with E-state index in [2.05, 4.69) is 15.3 Å². The molecular weight excluding hydrogens is 292 g/mol. The van der Waals surface area contributed by atoms with Crippen LogP contribution in [0, 0.1) is 6.92 Å². The maximum absolute atomic E-state index is 11.9. The molecule has 3 rings (SSSR count). The molecule has 0 spiro atoms. The standard InChI is InChI=1S/C13H12N4OS2/c1-9-7-14-12(19-9)16-11(18)6-10-8-15-13(20-10)17-4-2-3-5-17/h2-5,7-8H,6H2,1H3,(H,14,16,18). The Morgan fingerprint density at radius 3 is 2.75 bits per heavy atom. The van der Waals surface area contributed by atoms with Gasteiger partial charge in [-0.15, -0.1) is 22.7 Å². The number of hydrogen-bond donors (Lipinski definition) is 1. The van der Waals surface area contributed by atoms with Gasteiger partial charge in [0, 0.05) is 34.5 Å². The number of hydrogen-bond acceptors (Lipinski definition) is 5. The van der Waals surface area contributed by atoms with E-state index < -0.39 is 0 Å². The van der Waals surface area contributed by atoms with Gasteiger partial charge < -0.3 is 9.88 Å². The molecule has 0 atom stereocenters. The number of thiazole rings is 2. The van der Waals surface area contributed by atoms with E-state index in [1.165, 1.54) is 22.7 Å². The summed E-state index contributed by atoms with van der Waals surface area (Å²) >= 11 is 2.98. The van der Waals surface area contributed by atoms with E-state index in [4.69, 9.17) is 0 Å². The van der Waals surface area contributed by atoms with Gasteiger partial charge in [0.25, 0.3) is 0 Å². The fourth-order valence-electron chi connectivity index (χ4n) is 1.69. The Morgan fingerprint density at radius 2 is 2.05 bits per heavy atom. The predicted octanol–water partition coefficient (Wildman–Crippen LogP) is 2.88. The Labute approximate surface area is 123 Å².